The summed E-state index contributed by atoms with van der Waals surface area (Å²) >= 11 is 9.02. The highest BCUT2D eigenvalue weighted by Gasteiger charge is 2.36. The fourth-order valence-corrected chi connectivity index (χ4v) is 7.09. The maximum Gasteiger partial charge on any atom is 0.126 e. The van der Waals surface area contributed by atoms with Crippen molar-refractivity contribution in [1.82, 2.24) is 5.32 Å². The fraction of sp³-hybridized carbons (Fsp3) is 0.500. The molecule has 2 nitrogen and oxygen atoms in total. The lowest BCUT2D eigenvalue weighted by Gasteiger charge is -2.39. The molecule has 1 unspecified atom stereocenters. The second-order valence-electron chi connectivity index (χ2n) is 7.34. The van der Waals surface area contributed by atoms with Gasteiger partial charge in [0.2, 0.25) is 0 Å². The van der Waals surface area contributed by atoms with Gasteiger partial charge in [-0.1, -0.05) is 19.3 Å². The standard InChI is InChI=1S/C20H24Br2F2N2S/c21-18-12-17(19(22)27-18)20(5-2-1-3-6-20)26-7-4-16(25)10-13-8-14(23)11-15(24)9-13/h8-9,11-12,16,26H,1-7,10,25H2. The van der Waals surface area contributed by atoms with Crippen molar-refractivity contribution in [2.45, 2.75) is 56.5 Å². The molecule has 1 aromatic carbocycles. The van der Waals surface area contributed by atoms with Gasteiger partial charge in [-0.3, -0.25) is 0 Å². The van der Waals surface area contributed by atoms with Crippen LogP contribution < -0.4 is 11.1 Å². The molecular weight excluding hydrogens is 498 g/mol. The van der Waals surface area contributed by atoms with Gasteiger partial charge in [0.05, 0.1) is 7.57 Å². The molecule has 1 saturated carbocycles. The molecule has 27 heavy (non-hydrogen) atoms. The number of rotatable bonds is 7. The molecule has 0 saturated heterocycles. The normalized spacial score (nSPS) is 17.8. The van der Waals surface area contributed by atoms with Crippen LogP contribution in [-0.2, 0) is 12.0 Å². The van der Waals surface area contributed by atoms with Crippen LogP contribution in [0.2, 0.25) is 0 Å². The Bertz CT molecular complexity index is 755. The summed E-state index contributed by atoms with van der Waals surface area (Å²) in [4.78, 5) is 0. The Balaban J connectivity index is 1.61. The topological polar surface area (TPSA) is 38.0 Å². The summed E-state index contributed by atoms with van der Waals surface area (Å²) in [7, 11) is 0. The molecule has 2 aromatic rings. The number of hydrogen-bond donors (Lipinski definition) is 2. The van der Waals surface area contributed by atoms with Crippen molar-refractivity contribution in [2.75, 3.05) is 6.54 Å². The van der Waals surface area contributed by atoms with E-state index in [1.54, 1.807) is 11.3 Å². The summed E-state index contributed by atoms with van der Waals surface area (Å²) in [6.45, 7) is 0.777. The van der Waals surface area contributed by atoms with Crippen molar-refractivity contribution in [2.24, 2.45) is 5.73 Å². The molecule has 148 valence electrons. The van der Waals surface area contributed by atoms with Crippen LogP contribution in [0, 0.1) is 11.6 Å². The van der Waals surface area contributed by atoms with Crippen LogP contribution in [0.4, 0.5) is 8.78 Å². The zero-order valence-electron chi connectivity index (χ0n) is 15.0. The van der Waals surface area contributed by atoms with Crippen molar-refractivity contribution in [1.29, 1.82) is 0 Å². The van der Waals surface area contributed by atoms with E-state index >= 15 is 0 Å². The van der Waals surface area contributed by atoms with E-state index in [1.165, 1.54) is 40.7 Å². The molecule has 1 atom stereocenters. The number of nitrogens with two attached hydrogens (primary N) is 1. The van der Waals surface area contributed by atoms with E-state index in [0.29, 0.717) is 12.0 Å². The second-order valence-corrected chi connectivity index (χ2v) is 11.1. The van der Waals surface area contributed by atoms with E-state index in [0.717, 1.165) is 35.7 Å². The Hall–Kier alpha value is -0.340. The van der Waals surface area contributed by atoms with Gasteiger partial charge in [0.1, 0.15) is 11.6 Å². The minimum absolute atomic E-state index is 0.0235. The summed E-state index contributed by atoms with van der Waals surface area (Å²) < 4.78 is 29.0. The lowest BCUT2D eigenvalue weighted by molar-refractivity contribution is 0.231. The highest BCUT2D eigenvalue weighted by Crippen LogP contribution is 2.44. The van der Waals surface area contributed by atoms with E-state index in [9.17, 15) is 8.78 Å². The van der Waals surface area contributed by atoms with E-state index in [4.69, 9.17) is 5.73 Å². The Morgan fingerprint density at radius 2 is 1.74 bits per heavy atom. The summed E-state index contributed by atoms with van der Waals surface area (Å²) in [5.41, 5.74) is 8.14. The van der Waals surface area contributed by atoms with Gasteiger partial charge < -0.3 is 11.1 Å². The van der Waals surface area contributed by atoms with Crippen molar-refractivity contribution >= 4 is 43.2 Å². The van der Waals surface area contributed by atoms with Gasteiger partial charge in [-0.25, -0.2) is 8.78 Å². The molecule has 0 radical (unpaired) electrons. The Kier molecular flexibility index (Phi) is 7.47. The van der Waals surface area contributed by atoms with Gasteiger partial charge in [-0.2, -0.15) is 0 Å². The lowest BCUT2D eigenvalue weighted by Crippen LogP contribution is -2.45. The van der Waals surface area contributed by atoms with Crippen LogP contribution in [0.1, 0.15) is 49.7 Å². The Morgan fingerprint density at radius 3 is 2.33 bits per heavy atom. The number of hydrogen-bond acceptors (Lipinski definition) is 3. The molecule has 0 bridgehead atoms. The highest BCUT2D eigenvalue weighted by molar-refractivity contribution is 9.12. The third kappa shape index (κ3) is 5.60. The summed E-state index contributed by atoms with van der Waals surface area (Å²) in [5.74, 6) is -1.10. The first-order chi connectivity index (χ1) is 12.9. The SMILES string of the molecule is NC(CCNC1(c2cc(Br)sc2Br)CCCCC1)Cc1cc(F)cc(F)c1. The minimum atomic E-state index is -0.552. The molecule has 1 aliphatic carbocycles. The molecule has 1 heterocycles. The molecule has 0 amide bonds. The number of thiophene rings is 1. The predicted octanol–water partition coefficient (Wildman–Crippen LogP) is 6.26. The minimum Gasteiger partial charge on any atom is -0.327 e. The quantitative estimate of drug-likeness (QED) is 0.451. The van der Waals surface area contributed by atoms with Crippen molar-refractivity contribution < 1.29 is 8.78 Å². The summed E-state index contributed by atoms with van der Waals surface area (Å²) in [6, 6.07) is 5.68. The van der Waals surface area contributed by atoms with Crippen molar-refractivity contribution in [3.63, 3.8) is 0 Å². The Labute approximate surface area is 180 Å². The van der Waals surface area contributed by atoms with Crippen LogP contribution in [0.25, 0.3) is 0 Å². The average Bonchev–Trinajstić information content (AvgIpc) is 2.94. The maximum atomic E-state index is 13.4. The zero-order chi connectivity index (χ0) is 19.4. The van der Waals surface area contributed by atoms with E-state index < -0.39 is 11.6 Å². The van der Waals surface area contributed by atoms with Crippen LogP contribution in [0.3, 0.4) is 0 Å². The molecule has 0 aliphatic heterocycles. The van der Waals surface area contributed by atoms with Crippen LogP contribution in [-0.4, -0.2) is 12.6 Å². The number of halogens is 4. The number of benzene rings is 1. The third-order valence-corrected chi connectivity index (χ3v) is 7.62. The van der Waals surface area contributed by atoms with Gasteiger partial charge in [0, 0.05) is 17.6 Å². The summed E-state index contributed by atoms with van der Waals surface area (Å²) in [6.07, 6.45) is 7.14. The highest BCUT2D eigenvalue weighted by atomic mass is 79.9. The monoisotopic (exact) mass is 520 g/mol. The van der Waals surface area contributed by atoms with Gasteiger partial charge in [0.25, 0.3) is 0 Å². The van der Waals surface area contributed by atoms with E-state index in [2.05, 4.69) is 43.2 Å². The van der Waals surface area contributed by atoms with Crippen LogP contribution >= 0.6 is 43.2 Å². The average molecular weight is 522 g/mol. The summed E-state index contributed by atoms with van der Waals surface area (Å²) in [5, 5.41) is 3.77. The third-order valence-electron chi connectivity index (χ3n) is 5.28. The molecule has 3 rings (SSSR count). The molecule has 1 fully saturated rings. The lowest BCUT2D eigenvalue weighted by atomic mass is 9.77. The first-order valence-corrected chi connectivity index (χ1v) is 11.7. The molecule has 3 N–H and O–H groups in total. The Morgan fingerprint density at radius 1 is 1.07 bits per heavy atom. The predicted molar refractivity (Wildman–Crippen MR) is 115 cm³/mol. The zero-order valence-corrected chi connectivity index (χ0v) is 19.0. The van der Waals surface area contributed by atoms with Crippen molar-refractivity contribution in [3.8, 4) is 0 Å². The molecule has 7 heteroatoms. The van der Waals surface area contributed by atoms with E-state index in [-0.39, 0.29) is 11.6 Å². The van der Waals surface area contributed by atoms with Gasteiger partial charge in [-0.05, 0) is 93.4 Å². The molecular formula is C20H24Br2F2N2S. The van der Waals surface area contributed by atoms with E-state index in [1.807, 2.05) is 0 Å². The molecule has 1 aliphatic rings. The first-order valence-electron chi connectivity index (χ1n) is 9.29. The van der Waals surface area contributed by atoms with Crippen LogP contribution in [0.5, 0.6) is 0 Å². The number of nitrogens with one attached hydrogen (secondary N) is 1. The smallest absolute Gasteiger partial charge is 0.126 e. The molecule has 1 aromatic heterocycles. The fourth-order valence-electron chi connectivity index (χ4n) is 3.99. The maximum absolute atomic E-state index is 13.4. The second kappa shape index (κ2) is 9.44. The van der Waals surface area contributed by atoms with Gasteiger partial charge >= 0.3 is 0 Å². The van der Waals surface area contributed by atoms with Gasteiger partial charge in [-0.15, -0.1) is 11.3 Å². The largest absolute Gasteiger partial charge is 0.327 e. The van der Waals surface area contributed by atoms with Crippen molar-refractivity contribution in [3.05, 3.63) is 54.6 Å². The van der Waals surface area contributed by atoms with Crippen LogP contribution in [0.15, 0.2) is 31.8 Å². The molecule has 0 spiro atoms. The first kappa shape index (κ1) is 21.4. The van der Waals surface area contributed by atoms with Gasteiger partial charge in [0.15, 0.2) is 0 Å².